The molecule has 27 heavy (non-hydrogen) atoms. The molecule has 5 rings (SSSR count). The lowest BCUT2D eigenvalue weighted by atomic mass is 9.77. The highest BCUT2D eigenvalue weighted by atomic mass is 16.5. The van der Waals surface area contributed by atoms with Gasteiger partial charge >= 0.3 is 0 Å². The molecule has 8 heteroatoms. The van der Waals surface area contributed by atoms with E-state index in [-0.39, 0.29) is 18.4 Å². The molecule has 2 aromatic heterocycles. The van der Waals surface area contributed by atoms with Crippen LogP contribution in [0.15, 0.2) is 41.4 Å². The van der Waals surface area contributed by atoms with E-state index in [2.05, 4.69) is 15.2 Å². The van der Waals surface area contributed by atoms with Crippen molar-refractivity contribution in [2.24, 2.45) is 11.8 Å². The Hall–Kier alpha value is -2.74. The average molecular weight is 367 g/mol. The Balaban J connectivity index is 1.28. The number of hydrogen-bond acceptors (Lipinski definition) is 6. The van der Waals surface area contributed by atoms with Gasteiger partial charge in [0, 0.05) is 18.5 Å². The van der Waals surface area contributed by atoms with E-state index in [0.717, 1.165) is 18.4 Å². The molecular weight excluding hydrogens is 346 g/mol. The van der Waals surface area contributed by atoms with Gasteiger partial charge in [0.15, 0.2) is 5.58 Å². The summed E-state index contributed by atoms with van der Waals surface area (Å²) in [4.78, 5) is 18.7. The van der Waals surface area contributed by atoms with Gasteiger partial charge in [-0.05, 0) is 36.8 Å². The highest BCUT2D eigenvalue weighted by Crippen LogP contribution is 2.41. The second-order valence-corrected chi connectivity index (χ2v) is 7.60. The Bertz CT molecular complexity index is 953. The van der Waals surface area contributed by atoms with Crippen LogP contribution in [0.3, 0.4) is 0 Å². The number of aliphatic hydroxyl groups excluding tert-OH is 1. The van der Waals surface area contributed by atoms with E-state index in [9.17, 15) is 9.90 Å². The zero-order valence-electron chi connectivity index (χ0n) is 14.8. The van der Waals surface area contributed by atoms with Gasteiger partial charge in [0.2, 0.25) is 5.91 Å². The van der Waals surface area contributed by atoms with E-state index in [1.807, 2.05) is 29.2 Å². The number of rotatable bonds is 3. The van der Waals surface area contributed by atoms with Crippen molar-refractivity contribution in [3.8, 4) is 0 Å². The highest BCUT2D eigenvalue weighted by molar-refractivity contribution is 5.86. The molecule has 1 saturated heterocycles. The molecule has 1 saturated carbocycles. The van der Waals surface area contributed by atoms with Crippen molar-refractivity contribution < 1.29 is 14.4 Å². The van der Waals surface area contributed by atoms with Crippen molar-refractivity contribution in [3.63, 3.8) is 0 Å². The first-order valence-electron chi connectivity index (χ1n) is 9.32. The lowest BCUT2D eigenvalue weighted by Gasteiger charge is -2.34. The maximum atomic E-state index is 12.8. The summed E-state index contributed by atoms with van der Waals surface area (Å²) in [5.74, 6) is 0.772. The first-order chi connectivity index (χ1) is 13.2. The van der Waals surface area contributed by atoms with E-state index in [4.69, 9.17) is 4.52 Å². The van der Waals surface area contributed by atoms with Crippen LogP contribution in [0.2, 0.25) is 0 Å². The SMILES string of the molecule is O=C(Cc1noc2ccccc12)N1C[C@H]2C[C@@H](n3cncn3)[C@H](O)C[C@H]2C1. The summed E-state index contributed by atoms with van der Waals surface area (Å²) in [5.41, 5.74) is 1.39. The minimum absolute atomic E-state index is 0.0650. The van der Waals surface area contributed by atoms with Gasteiger partial charge in [-0.2, -0.15) is 5.10 Å². The molecule has 0 spiro atoms. The molecule has 0 bridgehead atoms. The van der Waals surface area contributed by atoms with Gasteiger partial charge < -0.3 is 14.5 Å². The fourth-order valence-corrected chi connectivity index (χ4v) is 4.60. The summed E-state index contributed by atoms with van der Waals surface area (Å²) in [7, 11) is 0. The number of carbonyl (C=O) groups excluding carboxylic acids is 1. The Morgan fingerprint density at radius 1 is 1.22 bits per heavy atom. The summed E-state index contributed by atoms with van der Waals surface area (Å²) >= 11 is 0. The molecule has 2 aliphatic rings. The van der Waals surface area contributed by atoms with Crippen molar-refractivity contribution in [3.05, 3.63) is 42.6 Å². The molecule has 3 aromatic rings. The fraction of sp³-hybridized carbons (Fsp3) is 0.474. The van der Waals surface area contributed by atoms with Crippen LogP contribution < -0.4 is 0 Å². The lowest BCUT2D eigenvalue weighted by molar-refractivity contribution is -0.129. The first-order valence-corrected chi connectivity index (χ1v) is 9.32. The number of likely N-dealkylation sites (tertiary alicyclic amines) is 1. The largest absolute Gasteiger partial charge is 0.391 e. The van der Waals surface area contributed by atoms with E-state index in [0.29, 0.717) is 36.1 Å². The molecule has 8 nitrogen and oxygen atoms in total. The Morgan fingerprint density at radius 2 is 2.04 bits per heavy atom. The zero-order chi connectivity index (χ0) is 18.4. The van der Waals surface area contributed by atoms with Crippen LogP contribution in [-0.2, 0) is 11.2 Å². The monoisotopic (exact) mass is 367 g/mol. The number of carbonyl (C=O) groups is 1. The number of hydrogen-bond donors (Lipinski definition) is 1. The molecule has 140 valence electrons. The average Bonchev–Trinajstić information content (AvgIpc) is 3.40. The summed E-state index contributed by atoms with van der Waals surface area (Å²) in [5, 5.41) is 19.7. The van der Waals surface area contributed by atoms with Crippen LogP contribution in [0.1, 0.15) is 24.6 Å². The molecule has 1 aliphatic carbocycles. The minimum Gasteiger partial charge on any atom is -0.391 e. The molecule has 1 aliphatic heterocycles. The third kappa shape index (κ3) is 2.90. The summed E-state index contributed by atoms with van der Waals surface area (Å²) in [6, 6.07) is 7.53. The predicted octanol–water partition coefficient (Wildman–Crippen LogP) is 1.43. The highest BCUT2D eigenvalue weighted by Gasteiger charge is 2.43. The Kier molecular flexibility index (Phi) is 3.93. The van der Waals surface area contributed by atoms with Gasteiger partial charge in [0.25, 0.3) is 0 Å². The van der Waals surface area contributed by atoms with Crippen LogP contribution >= 0.6 is 0 Å². The third-order valence-corrected chi connectivity index (χ3v) is 6.01. The molecular formula is C19H21N5O3. The van der Waals surface area contributed by atoms with E-state index >= 15 is 0 Å². The number of para-hydroxylation sites is 1. The quantitative estimate of drug-likeness (QED) is 0.752. The normalized spacial score (nSPS) is 27.8. The predicted molar refractivity (Wildman–Crippen MR) is 95.6 cm³/mol. The van der Waals surface area contributed by atoms with Crippen molar-refractivity contribution in [1.82, 2.24) is 24.8 Å². The van der Waals surface area contributed by atoms with Crippen molar-refractivity contribution >= 4 is 16.9 Å². The van der Waals surface area contributed by atoms with Crippen LogP contribution in [0.4, 0.5) is 0 Å². The maximum absolute atomic E-state index is 12.8. The number of aromatic nitrogens is 4. The standard InChI is InChI=1S/C19H21N5O3/c25-17-6-13-9-23(8-12(13)5-16(17)24-11-20-10-21-24)19(26)7-15-14-3-1-2-4-18(14)27-22-15/h1-4,10-13,16-17,25H,5-9H2/t12-,13+,16-,17-/m1/s1. The number of nitrogens with zero attached hydrogens (tertiary/aromatic N) is 5. The van der Waals surface area contributed by atoms with Crippen LogP contribution in [0.5, 0.6) is 0 Å². The van der Waals surface area contributed by atoms with Crippen LogP contribution in [-0.4, -0.2) is 55.0 Å². The van der Waals surface area contributed by atoms with E-state index in [1.54, 1.807) is 11.0 Å². The van der Waals surface area contributed by atoms with Gasteiger partial charge in [-0.15, -0.1) is 0 Å². The first kappa shape index (κ1) is 16.4. The number of amides is 1. The smallest absolute Gasteiger partial charge is 0.228 e. The second-order valence-electron chi connectivity index (χ2n) is 7.60. The maximum Gasteiger partial charge on any atom is 0.228 e. The van der Waals surface area contributed by atoms with Gasteiger partial charge in [-0.3, -0.25) is 4.79 Å². The van der Waals surface area contributed by atoms with Crippen LogP contribution in [0, 0.1) is 11.8 Å². The summed E-state index contributed by atoms with van der Waals surface area (Å²) in [6.07, 6.45) is 4.43. The molecule has 0 unspecified atom stereocenters. The molecule has 2 fully saturated rings. The van der Waals surface area contributed by atoms with Crippen LogP contribution in [0.25, 0.3) is 11.0 Å². The number of fused-ring (bicyclic) bond motifs is 2. The second kappa shape index (κ2) is 6.45. The summed E-state index contributed by atoms with van der Waals surface area (Å²) < 4.78 is 7.05. The fourth-order valence-electron chi connectivity index (χ4n) is 4.60. The van der Waals surface area contributed by atoms with Gasteiger partial charge in [0.05, 0.1) is 18.6 Å². The molecule has 3 heterocycles. The van der Waals surface area contributed by atoms with Crippen molar-refractivity contribution in [2.75, 3.05) is 13.1 Å². The van der Waals surface area contributed by atoms with Crippen molar-refractivity contribution in [1.29, 1.82) is 0 Å². The molecule has 1 amide bonds. The molecule has 1 aromatic carbocycles. The van der Waals surface area contributed by atoms with Gasteiger partial charge in [-0.1, -0.05) is 17.3 Å². The minimum atomic E-state index is -0.456. The zero-order valence-corrected chi connectivity index (χ0v) is 14.8. The Morgan fingerprint density at radius 3 is 2.85 bits per heavy atom. The topological polar surface area (TPSA) is 97.3 Å². The Labute approximate surface area is 155 Å². The van der Waals surface area contributed by atoms with Gasteiger partial charge in [0.1, 0.15) is 18.3 Å². The van der Waals surface area contributed by atoms with Crippen molar-refractivity contribution in [2.45, 2.75) is 31.4 Å². The summed E-state index contributed by atoms with van der Waals surface area (Å²) in [6.45, 7) is 1.41. The molecule has 1 N–H and O–H groups in total. The molecule has 4 atom stereocenters. The lowest BCUT2D eigenvalue weighted by Crippen LogP contribution is -2.36. The number of aliphatic hydroxyl groups is 1. The van der Waals surface area contributed by atoms with Gasteiger partial charge in [-0.25, -0.2) is 9.67 Å². The third-order valence-electron chi connectivity index (χ3n) is 6.01. The van der Waals surface area contributed by atoms with E-state index in [1.165, 1.54) is 6.33 Å². The number of benzene rings is 1. The van der Waals surface area contributed by atoms with E-state index < -0.39 is 6.10 Å². The molecule has 0 radical (unpaired) electrons.